The number of primary amides is 1. The van der Waals surface area contributed by atoms with Gasteiger partial charge >= 0.3 is 0 Å². The molecule has 3 aromatic rings. The van der Waals surface area contributed by atoms with E-state index < -0.39 is 5.91 Å². The molecule has 3 N–H and O–H groups in total. The van der Waals surface area contributed by atoms with Gasteiger partial charge in [0.25, 0.3) is 5.91 Å². The molecule has 6 heteroatoms. The van der Waals surface area contributed by atoms with Gasteiger partial charge in [-0.3, -0.25) is 9.59 Å². The molecule has 0 saturated heterocycles. The minimum atomic E-state index is -0.505. The van der Waals surface area contributed by atoms with Crippen LogP contribution in [0.25, 0.3) is 11.3 Å². The first-order valence-corrected chi connectivity index (χ1v) is 7.75. The van der Waals surface area contributed by atoms with Crippen LogP contribution in [0.5, 0.6) is 0 Å². The van der Waals surface area contributed by atoms with Gasteiger partial charge in [0.2, 0.25) is 5.91 Å². The van der Waals surface area contributed by atoms with E-state index in [0.29, 0.717) is 22.6 Å². The number of hydrogen-bond donors (Lipinski definition) is 2. The van der Waals surface area contributed by atoms with Crippen LogP contribution in [-0.4, -0.2) is 17.0 Å². The van der Waals surface area contributed by atoms with E-state index in [1.54, 1.807) is 25.1 Å². The van der Waals surface area contributed by atoms with Crippen molar-refractivity contribution in [2.45, 2.75) is 13.5 Å². The number of amides is 2. The Morgan fingerprint density at radius 3 is 2.60 bits per heavy atom. The zero-order valence-electron chi connectivity index (χ0n) is 13.7. The lowest BCUT2D eigenvalue weighted by Crippen LogP contribution is -2.24. The van der Waals surface area contributed by atoms with Gasteiger partial charge in [-0.15, -0.1) is 0 Å². The maximum absolute atomic E-state index is 12.6. The molecule has 2 aromatic carbocycles. The first-order chi connectivity index (χ1) is 12.1. The highest BCUT2D eigenvalue weighted by Crippen LogP contribution is 2.24. The summed E-state index contributed by atoms with van der Waals surface area (Å²) in [6.45, 7) is 1.96. The second-order valence-electron chi connectivity index (χ2n) is 5.58. The number of carbonyl (C=O) groups is 2. The number of hydrogen-bond acceptors (Lipinski definition) is 4. The highest BCUT2D eigenvalue weighted by Gasteiger charge is 2.21. The number of aromatic nitrogens is 1. The summed E-state index contributed by atoms with van der Waals surface area (Å²) < 4.78 is 5.20. The number of nitrogens with one attached hydrogen (secondary N) is 1. The molecule has 0 spiro atoms. The fraction of sp³-hybridized carbons (Fsp3) is 0.105. The number of rotatable bonds is 5. The van der Waals surface area contributed by atoms with Gasteiger partial charge in [-0.2, -0.15) is 0 Å². The molecule has 0 bridgehead atoms. The molecule has 0 fully saturated rings. The summed E-state index contributed by atoms with van der Waals surface area (Å²) in [5.41, 5.74) is 8.16. The van der Waals surface area contributed by atoms with Crippen LogP contribution in [-0.2, 0) is 6.54 Å². The van der Waals surface area contributed by atoms with E-state index in [1.807, 2.05) is 36.4 Å². The lowest BCUT2D eigenvalue weighted by molar-refractivity contribution is 0.0949. The topological polar surface area (TPSA) is 98.2 Å². The van der Waals surface area contributed by atoms with E-state index in [0.717, 1.165) is 11.1 Å². The van der Waals surface area contributed by atoms with Gasteiger partial charge in [0, 0.05) is 17.7 Å². The summed E-state index contributed by atoms with van der Waals surface area (Å²) in [5, 5.41) is 6.83. The molecular formula is C19H17N3O3. The first-order valence-electron chi connectivity index (χ1n) is 7.75. The van der Waals surface area contributed by atoms with Gasteiger partial charge in [0.15, 0.2) is 0 Å². The van der Waals surface area contributed by atoms with Crippen molar-refractivity contribution in [3.8, 4) is 11.3 Å². The molecular weight excluding hydrogens is 318 g/mol. The number of nitrogens with zero attached hydrogens (tertiary/aromatic N) is 1. The van der Waals surface area contributed by atoms with Crippen molar-refractivity contribution in [3.63, 3.8) is 0 Å². The van der Waals surface area contributed by atoms with E-state index >= 15 is 0 Å². The largest absolute Gasteiger partial charge is 0.366 e. The Morgan fingerprint density at radius 2 is 1.88 bits per heavy atom. The standard InChI is InChI=1S/C19H17N3O3/c1-12-16(17(22-25-12)14-7-3-2-4-8-14)19(24)21-11-13-6-5-9-15(10-13)18(20)23/h2-10H,11H2,1H3,(H2,20,23)(H,21,24). The van der Waals surface area contributed by atoms with Crippen LogP contribution in [0.1, 0.15) is 32.0 Å². The normalized spacial score (nSPS) is 10.4. The van der Waals surface area contributed by atoms with Crippen LogP contribution < -0.4 is 11.1 Å². The third-order valence-electron chi connectivity index (χ3n) is 3.80. The molecule has 0 atom stereocenters. The fourth-order valence-electron chi connectivity index (χ4n) is 2.54. The maximum atomic E-state index is 12.6. The summed E-state index contributed by atoms with van der Waals surface area (Å²) in [7, 11) is 0. The van der Waals surface area contributed by atoms with Gasteiger partial charge in [-0.25, -0.2) is 0 Å². The van der Waals surface area contributed by atoms with Gasteiger partial charge < -0.3 is 15.6 Å². The molecule has 3 rings (SSSR count). The Kier molecular flexibility index (Phi) is 4.61. The molecule has 25 heavy (non-hydrogen) atoms. The van der Waals surface area contributed by atoms with E-state index in [9.17, 15) is 9.59 Å². The molecule has 126 valence electrons. The predicted octanol–water partition coefficient (Wildman–Crippen LogP) is 2.68. The third-order valence-corrected chi connectivity index (χ3v) is 3.80. The summed E-state index contributed by atoms with van der Waals surface area (Å²) in [6.07, 6.45) is 0. The van der Waals surface area contributed by atoms with Crippen molar-refractivity contribution in [2.75, 3.05) is 0 Å². The maximum Gasteiger partial charge on any atom is 0.257 e. The third kappa shape index (κ3) is 3.58. The summed E-state index contributed by atoms with van der Waals surface area (Å²) in [5.74, 6) is -0.348. The smallest absolute Gasteiger partial charge is 0.257 e. The van der Waals surface area contributed by atoms with Crippen LogP contribution in [0.2, 0.25) is 0 Å². The highest BCUT2D eigenvalue weighted by atomic mass is 16.5. The molecule has 0 saturated carbocycles. The highest BCUT2D eigenvalue weighted by molar-refractivity contribution is 6.00. The Labute approximate surface area is 144 Å². The quantitative estimate of drug-likeness (QED) is 0.749. The fourth-order valence-corrected chi connectivity index (χ4v) is 2.54. The van der Waals surface area contributed by atoms with Crippen LogP contribution in [0, 0.1) is 6.92 Å². The molecule has 0 radical (unpaired) electrons. The van der Waals surface area contributed by atoms with E-state index in [-0.39, 0.29) is 12.5 Å². The van der Waals surface area contributed by atoms with Gasteiger partial charge in [0.05, 0.1) is 0 Å². The monoisotopic (exact) mass is 335 g/mol. The van der Waals surface area contributed by atoms with Crippen molar-refractivity contribution in [1.82, 2.24) is 10.5 Å². The van der Waals surface area contributed by atoms with Crippen LogP contribution in [0.15, 0.2) is 59.1 Å². The summed E-state index contributed by atoms with van der Waals surface area (Å²) in [6, 6.07) is 16.2. The first kappa shape index (κ1) is 16.4. The zero-order chi connectivity index (χ0) is 17.8. The van der Waals surface area contributed by atoms with Crippen LogP contribution >= 0.6 is 0 Å². The Bertz CT molecular complexity index is 917. The van der Waals surface area contributed by atoms with Crippen LogP contribution in [0.4, 0.5) is 0 Å². The van der Waals surface area contributed by atoms with Crippen molar-refractivity contribution in [1.29, 1.82) is 0 Å². The Morgan fingerprint density at radius 1 is 1.12 bits per heavy atom. The summed E-state index contributed by atoms with van der Waals surface area (Å²) >= 11 is 0. The number of aryl methyl sites for hydroxylation is 1. The van der Waals surface area contributed by atoms with Gasteiger partial charge in [-0.05, 0) is 24.6 Å². The van der Waals surface area contributed by atoms with Gasteiger partial charge in [0.1, 0.15) is 17.0 Å². The average molecular weight is 335 g/mol. The molecule has 6 nitrogen and oxygen atoms in total. The number of benzene rings is 2. The van der Waals surface area contributed by atoms with Crippen LogP contribution in [0.3, 0.4) is 0 Å². The minimum Gasteiger partial charge on any atom is -0.366 e. The Balaban J connectivity index is 1.80. The lowest BCUT2D eigenvalue weighted by atomic mass is 10.1. The average Bonchev–Trinajstić information content (AvgIpc) is 3.02. The number of nitrogens with two attached hydrogens (primary N) is 1. The molecule has 1 heterocycles. The van der Waals surface area contributed by atoms with E-state index in [4.69, 9.17) is 10.3 Å². The zero-order valence-corrected chi connectivity index (χ0v) is 13.7. The van der Waals surface area contributed by atoms with E-state index in [1.165, 1.54) is 0 Å². The van der Waals surface area contributed by atoms with Gasteiger partial charge in [-0.1, -0.05) is 47.6 Å². The molecule has 0 aliphatic rings. The van der Waals surface area contributed by atoms with Crippen molar-refractivity contribution >= 4 is 11.8 Å². The van der Waals surface area contributed by atoms with E-state index in [2.05, 4.69) is 10.5 Å². The van der Waals surface area contributed by atoms with Crippen molar-refractivity contribution in [3.05, 3.63) is 77.0 Å². The number of carbonyl (C=O) groups excluding carboxylic acids is 2. The van der Waals surface area contributed by atoms with Crippen molar-refractivity contribution < 1.29 is 14.1 Å². The van der Waals surface area contributed by atoms with Crippen molar-refractivity contribution in [2.24, 2.45) is 5.73 Å². The molecule has 0 aliphatic carbocycles. The second kappa shape index (κ2) is 7.00. The second-order valence-corrected chi connectivity index (χ2v) is 5.58. The summed E-state index contributed by atoms with van der Waals surface area (Å²) in [4.78, 5) is 23.8. The molecule has 0 aliphatic heterocycles. The SMILES string of the molecule is Cc1onc(-c2ccccc2)c1C(=O)NCc1cccc(C(N)=O)c1. The molecule has 2 amide bonds. The Hall–Kier alpha value is -3.41. The minimum absolute atomic E-state index is 0.263. The lowest BCUT2D eigenvalue weighted by Gasteiger charge is -2.07. The molecule has 1 aromatic heterocycles. The predicted molar refractivity (Wildman–Crippen MR) is 92.8 cm³/mol. The molecule has 0 unspecified atom stereocenters.